The summed E-state index contributed by atoms with van der Waals surface area (Å²) in [7, 11) is 0. The number of aromatic nitrogens is 1. The van der Waals surface area contributed by atoms with Crippen LogP contribution in [0.3, 0.4) is 0 Å². The Bertz CT molecular complexity index is 138. The fourth-order valence-electron chi connectivity index (χ4n) is 0.383. The maximum absolute atomic E-state index is 2.82. The van der Waals surface area contributed by atoms with Crippen LogP contribution < -0.4 is 3.58 Å². The number of pyridine rings is 1. The normalized spacial score (nSPS) is 8.57. The molecule has 0 radical (unpaired) electrons. The summed E-state index contributed by atoms with van der Waals surface area (Å²) in [6, 6.07) is 5.92. The first-order valence-electron chi connectivity index (χ1n) is 2.03. The minimum absolute atomic E-state index is 1.88. The topological polar surface area (TPSA) is 3.88 Å². The second kappa shape index (κ2) is 2.10. The molecule has 0 saturated heterocycles. The van der Waals surface area contributed by atoms with Crippen molar-refractivity contribution in [3.63, 3.8) is 0 Å². The van der Waals surface area contributed by atoms with Gasteiger partial charge in [0.1, 0.15) is 0 Å². The summed E-state index contributed by atoms with van der Waals surface area (Å²) >= 11 is 2.82. The van der Waals surface area contributed by atoms with Crippen molar-refractivity contribution in [2.45, 2.75) is 0 Å². The Kier molecular flexibility index (Phi) is 1.45. The standard InChI is InChI=1S/C5H5NSe/c7-6-4-2-1-3-5-6/h1-5H. The van der Waals surface area contributed by atoms with E-state index in [-0.39, 0.29) is 0 Å². The van der Waals surface area contributed by atoms with Gasteiger partial charge in [0.05, 0.1) is 0 Å². The van der Waals surface area contributed by atoms with Crippen molar-refractivity contribution in [1.82, 2.24) is 0 Å². The third-order valence-corrected chi connectivity index (χ3v) is 1.20. The van der Waals surface area contributed by atoms with E-state index in [1.54, 1.807) is 0 Å². The van der Waals surface area contributed by atoms with Crippen LogP contribution in [0.25, 0.3) is 0 Å². The molecule has 1 aromatic heterocycles. The van der Waals surface area contributed by atoms with Crippen LogP contribution in [0.5, 0.6) is 0 Å². The summed E-state index contributed by atoms with van der Waals surface area (Å²) in [6.45, 7) is 0. The summed E-state index contributed by atoms with van der Waals surface area (Å²) in [5.74, 6) is 0. The molecular weight excluding hydrogens is 153 g/mol. The van der Waals surface area contributed by atoms with E-state index in [0.717, 1.165) is 0 Å². The molecule has 1 aromatic rings. The molecule has 0 saturated carbocycles. The van der Waals surface area contributed by atoms with E-state index >= 15 is 0 Å². The van der Waals surface area contributed by atoms with Gasteiger partial charge in [-0.2, -0.15) is 0 Å². The van der Waals surface area contributed by atoms with Crippen LogP contribution in [0.1, 0.15) is 0 Å². The van der Waals surface area contributed by atoms with E-state index in [1.807, 2.05) is 34.2 Å². The predicted molar refractivity (Wildman–Crippen MR) is 27.8 cm³/mol. The Morgan fingerprint density at radius 1 is 1.00 bits per heavy atom. The molecule has 36 valence electrons. The Hall–Kier alpha value is -0.331. The van der Waals surface area contributed by atoms with Gasteiger partial charge >= 0.3 is 50.4 Å². The molecule has 0 N–H and O–H groups in total. The van der Waals surface area contributed by atoms with Crippen molar-refractivity contribution in [3.05, 3.63) is 30.6 Å². The van der Waals surface area contributed by atoms with Gasteiger partial charge in [-0.1, -0.05) is 0 Å². The quantitative estimate of drug-likeness (QED) is 0.464. The molecule has 1 rings (SSSR count). The van der Waals surface area contributed by atoms with E-state index in [1.165, 1.54) is 0 Å². The zero-order valence-corrected chi connectivity index (χ0v) is 5.46. The molecule has 0 unspecified atom stereocenters. The van der Waals surface area contributed by atoms with Gasteiger partial charge in [0.2, 0.25) is 0 Å². The first-order valence-corrected chi connectivity index (χ1v) is 2.80. The summed E-state index contributed by atoms with van der Waals surface area (Å²) < 4.78 is 1.88. The Morgan fingerprint density at radius 3 is 1.86 bits per heavy atom. The molecule has 0 bridgehead atoms. The van der Waals surface area contributed by atoms with Gasteiger partial charge in [-0.15, -0.1) is 0 Å². The number of nitrogens with zero attached hydrogens (tertiary/aromatic N) is 1. The number of hydrogen-bond acceptors (Lipinski definition) is 0. The number of hydrogen-bond donors (Lipinski definition) is 0. The average molecular weight is 158 g/mol. The first-order chi connectivity index (χ1) is 3.39. The molecule has 0 atom stereocenters. The van der Waals surface area contributed by atoms with Gasteiger partial charge in [0.25, 0.3) is 0 Å². The van der Waals surface area contributed by atoms with Crippen LogP contribution in [0.2, 0.25) is 0 Å². The zero-order chi connectivity index (χ0) is 5.11. The second-order valence-corrected chi connectivity index (χ2v) is 2.12. The molecule has 2 heteroatoms. The molecule has 0 fully saturated rings. The fraction of sp³-hybridized carbons (Fsp3) is 0. The van der Waals surface area contributed by atoms with Gasteiger partial charge in [-0.25, -0.2) is 0 Å². The van der Waals surface area contributed by atoms with E-state index in [4.69, 9.17) is 0 Å². The molecule has 1 heterocycles. The summed E-state index contributed by atoms with van der Waals surface area (Å²) in [4.78, 5) is 0. The van der Waals surface area contributed by atoms with Crippen molar-refractivity contribution >= 4 is 16.2 Å². The third-order valence-electron chi connectivity index (χ3n) is 0.688. The SMILES string of the molecule is [Se-][n+]1ccccc1. The van der Waals surface area contributed by atoms with E-state index in [2.05, 4.69) is 16.2 Å². The van der Waals surface area contributed by atoms with Crippen molar-refractivity contribution in [2.24, 2.45) is 0 Å². The van der Waals surface area contributed by atoms with Crippen LogP contribution in [-0.2, 0) is 0 Å². The minimum atomic E-state index is 1.88. The van der Waals surface area contributed by atoms with Crippen LogP contribution in [-0.4, -0.2) is 16.2 Å². The molecule has 0 aliphatic rings. The first kappa shape index (κ1) is 4.82. The predicted octanol–water partition coefficient (Wildman–Crippen LogP) is -0.0943. The van der Waals surface area contributed by atoms with Crippen LogP contribution in [0.15, 0.2) is 30.6 Å². The molecule has 0 amide bonds. The molecule has 0 aliphatic heterocycles. The summed E-state index contributed by atoms with van der Waals surface area (Å²) in [5.41, 5.74) is 0. The maximum atomic E-state index is 2.82. The average Bonchev–Trinajstić information content (AvgIpc) is 1.69. The van der Waals surface area contributed by atoms with Crippen molar-refractivity contribution in [1.29, 1.82) is 0 Å². The van der Waals surface area contributed by atoms with Crippen molar-refractivity contribution in [2.75, 3.05) is 0 Å². The second-order valence-electron chi connectivity index (χ2n) is 1.24. The molecular formula is C5H5NSe. The van der Waals surface area contributed by atoms with E-state index < -0.39 is 0 Å². The molecule has 0 aliphatic carbocycles. The molecule has 1 nitrogen and oxygen atoms in total. The molecule has 7 heavy (non-hydrogen) atoms. The van der Waals surface area contributed by atoms with Crippen LogP contribution >= 0.6 is 0 Å². The number of rotatable bonds is 0. The summed E-state index contributed by atoms with van der Waals surface area (Å²) in [6.07, 6.45) is 3.89. The van der Waals surface area contributed by atoms with Crippen LogP contribution in [0, 0.1) is 0 Å². The van der Waals surface area contributed by atoms with Gasteiger partial charge in [0.15, 0.2) is 0 Å². The third kappa shape index (κ3) is 1.30. The molecule has 0 aromatic carbocycles. The Labute approximate surface area is 51.0 Å². The van der Waals surface area contributed by atoms with E-state index in [0.29, 0.717) is 0 Å². The van der Waals surface area contributed by atoms with Gasteiger partial charge < -0.3 is 0 Å². The zero-order valence-electron chi connectivity index (χ0n) is 3.74. The fourth-order valence-corrected chi connectivity index (χ4v) is 0.678. The van der Waals surface area contributed by atoms with Gasteiger partial charge in [-0.05, 0) is 0 Å². The Morgan fingerprint density at radius 2 is 1.57 bits per heavy atom. The van der Waals surface area contributed by atoms with Crippen molar-refractivity contribution in [3.8, 4) is 0 Å². The van der Waals surface area contributed by atoms with Gasteiger partial charge in [0, 0.05) is 0 Å². The van der Waals surface area contributed by atoms with Gasteiger partial charge in [-0.3, -0.25) is 0 Å². The van der Waals surface area contributed by atoms with E-state index in [9.17, 15) is 0 Å². The van der Waals surface area contributed by atoms with Crippen molar-refractivity contribution < 1.29 is 3.58 Å². The summed E-state index contributed by atoms with van der Waals surface area (Å²) in [5, 5.41) is 0. The monoisotopic (exact) mass is 159 g/mol. The van der Waals surface area contributed by atoms with Crippen LogP contribution in [0.4, 0.5) is 0 Å². The molecule has 0 spiro atoms. The Balaban J connectivity index is 3.02.